The lowest BCUT2D eigenvalue weighted by atomic mass is 9.83. The van der Waals surface area contributed by atoms with Gasteiger partial charge in [0, 0.05) is 0 Å². The number of nitrogens with zero attached hydrogens (tertiary/aromatic N) is 3. The van der Waals surface area contributed by atoms with E-state index >= 15 is 0 Å². The predicted octanol–water partition coefficient (Wildman–Crippen LogP) is 0.289. The number of nitrogens with two attached hydrogens (primary N) is 1. The lowest BCUT2D eigenvalue weighted by molar-refractivity contribution is 0.255. The molecular formula is C14H16FN5O5S. The Kier molecular flexibility index (Phi) is 5.04. The number of hydrogen-bond acceptors (Lipinski definition) is 8. The summed E-state index contributed by atoms with van der Waals surface area (Å²) in [7, 11) is -3.59. The van der Waals surface area contributed by atoms with Crippen molar-refractivity contribution in [2.75, 3.05) is 12.4 Å². The number of rotatable bonds is 7. The standard InChI is InChI=1S/C14H16FN5O5S/c15-9-3-2-8-6-11(10(8)7-9)17-13(18-21)12-14(20-25-19-12)24-4-1-5-26(16,22)23/h2-3,7,11,21H,1,4-6H2,(H,17,18)(H2,16,22,23)/t11-/m0/s1. The van der Waals surface area contributed by atoms with Gasteiger partial charge in [-0.25, -0.2) is 22.6 Å². The Morgan fingerprint density at radius 2 is 2.31 bits per heavy atom. The summed E-state index contributed by atoms with van der Waals surface area (Å²) in [6.07, 6.45) is 0.754. The second kappa shape index (κ2) is 7.25. The normalized spacial score (nSPS) is 16.7. The monoisotopic (exact) mass is 385 g/mol. The van der Waals surface area contributed by atoms with Crippen molar-refractivity contribution in [2.45, 2.75) is 18.9 Å². The van der Waals surface area contributed by atoms with Crippen LogP contribution in [0.1, 0.15) is 29.3 Å². The molecular weight excluding hydrogens is 369 g/mol. The maximum atomic E-state index is 13.4. The number of sulfonamides is 1. The zero-order chi connectivity index (χ0) is 18.7. The van der Waals surface area contributed by atoms with Crippen molar-refractivity contribution in [3.05, 3.63) is 40.8 Å². The van der Waals surface area contributed by atoms with Crippen LogP contribution in [0.5, 0.6) is 5.88 Å². The Morgan fingerprint density at radius 3 is 3.04 bits per heavy atom. The van der Waals surface area contributed by atoms with Crippen LogP contribution in [0.2, 0.25) is 0 Å². The van der Waals surface area contributed by atoms with E-state index in [1.54, 1.807) is 6.07 Å². The summed E-state index contributed by atoms with van der Waals surface area (Å²) in [6, 6.07) is 4.21. The summed E-state index contributed by atoms with van der Waals surface area (Å²) >= 11 is 0. The third kappa shape index (κ3) is 4.08. The molecule has 3 rings (SSSR count). The van der Waals surface area contributed by atoms with Gasteiger partial charge in [0.2, 0.25) is 21.6 Å². The number of benzene rings is 1. The minimum Gasteiger partial charge on any atom is -0.474 e. The maximum Gasteiger partial charge on any atom is 0.287 e. The van der Waals surface area contributed by atoms with Crippen LogP contribution in [0.4, 0.5) is 4.39 Å². The average molecular weight is 385 g/mol. The first-order valence-electron chi connectivity index (χ1n) is 7.60. The van der Waals surface area contributed by atoms with Gasteiger partial charge in [0.15, 0.2) is 0 Å². The summed E-state index contributed by atoms with van der Waals surface area (Å²) in [5.74, 6) is -0.747. The van der Waals surface area contributed by atoms with E-state index in [1.807, 2.05) is 0 Å². The van der Waals surface area contributed by atoms with E-state index in [0.717, 1.165) is 11.1 Å². The van der Waals surface area contributed by atoms with Gasteiger partial charge >= 0.3 is 0 Å². The molecule has 4 N–H and O–H groups in total. The molecule has 0 amide bonds. The van der Waals surface area contributed by atoms with Crippen LogP contribution >= 0.6 is 0 Å². The van der Waals surface area contributed by atoms with Crippen molar-refractivity contribution in [1.29, 1.82) is 0 Å². The summed E-state index contributed by atoms with van der Waals surface area (Å²) in [5, 5.41) is 27.4. The van der Waals surface area contributed by atoms with Gasteiger partial charge < -0.3 is 15.3 Å². The van der Waals surface area contributed by atoms with Gasteiger partial charge in [0.25, 0.3) is 5.88 Å². The topological polar surface area (TPSA) is 153 Å². The van der Waals surface area contributed by atoms with E-state index < -0.39 is 10.0 Å². The van der Waals surface area contributed by atoms with Crippen LogP contribution in [0.15, 0.2) is 28.0 Å². The fraction of sp³-hybridized carbons (Fsp3) is 0.357. The molecule has 140 valence electrons. The van der Waals surface area contributed by atoms with Crippen LogP contribution in [-0.2, 0) is 16.4 Å². The molecule has 1 aliphatic carbocycles. The molecule has 12 heteroatoms. The second-order valence-electron chi connectivity index (χ2n) is 5.68. The third-order valence-corrected chi connectivity index (χ3v) is 4.67. The first kappa shape index (κ1) is 18.1. The fourth-order valence-electron chi connectivity index (χ4n) is 2.56. The molecule has 1 aromatic carbocycles. The molecule has 1 aliphatic rings. The first-order chi connectivity index (χ1) is 12.4. The number of amidine groups is 1. The van der Waals surface area contributed by atoms with Crippen LogP contribution in [0, 0.1) is 5.82 Å². The lowest BCUT2D eigenvalue weighted by Crippen LogP contribution is -2.36. The number of oxime groups is 1. The average Bonchev–Trinajstić information content (AvgIpc) is 3.02. The SMILES string of the molecule is NS(=O)(=O)CCCOc1nonc1/C(=N\O)N[C@H]1Cc2ccc(F)cc21. The van der Waals surface area contributed by atoms with Crippen molar-refractivity contribution in [3.8, 4) is 5.88 Å². The molecule has 0 aliphatic heterocycles. The zero-order valence-electron chi connectivity index (χ0n) is 13.4. The molecule has 1 heterocycles. The fourth-order valence-corrected chi connectivity index (χ4v) is 3.08. The van der Waals surface area contributed by atoms with E-state index in [4.69, 9.17) is 9.88 Å². The number of hydrogen-bond donors (Lipinski definition) is 3. The third-order valence-electron chi connectivity index (χ3n) is 3.81. The van der Waals surface area contributed by atoms with Gasteiger partial charge in [-0.1, -0.05) is 11.2 Å². The number of fused-ring (bicyclic) bond motifs is 1. The van der Waals surface area contributed by atoms with Gasteiger partial charge in [-0.2, -0.15) is 0 Å². The van der Waals surface area contributed by atoms with E-state index in [9.17, 15) is 18.0 Å². The van der Waals surface area contributed by atoms with Crippen LogP contribution in [0.3, 0.4) is 0 Å². The second-order valence-corrected chi connectivity index (χ2v) is 7.41. The Bertz CT molecular complexity index is 930. The van der Waals surface area contributed by atoms with Crippen molar-refractivity contribution in [3.63, 3.8) is 0 Å². The van der Waals surface area contributed by atoms with E-state index in [-0.39, 0.29) is 48.0 Å². The smallest absolute Gasteiger partial charge is 0.287 e. The molecule has 0 spiro atoms. The van der Waals surface area contributed by atoms with Crippen LogP contribution < -0.4 is 15.2 Å². The van der Waals surface area contributed by atoms with Gasteiger partial charge in [0.1, 0.15) is 5.82 Å². The highest BCUT2D eigenvalue weighted by atomic mass is 32.2. The minimum atomic E-state index is -3.59. The summed E-state index contributed by atoms with van der Waals surface area (Å²) in [5.41, 5.74) is 1.74. The number of halogens is 1. The molecule has 26 heavy (non-hydrogen) atoms. The summed E-state index contributed by atoms with van der Waals surface area (Å²) < 4.78 is 45.0. The highest BCUT2D eigenvalue weighted by Crippen LogP contribution is 2.33. The zero-order valence-corrected chi connectivity index (χ0v) is 14.2. The summed E-state index contributed by atoms with van der Waals surface area (Å²) in [6.45, 7) is -0.00613. The molecule has 1 aromatic heterocycles. The molecule has 0 radical (unpaired) electrons. The molecule has 0 bridgehead atoms. The van der Waals surface area contributed by atoms with Crippen LogP contribution in [-0.4, -0.2) is 42.1 Å². The quantitative estimate of drug-likeness (QED) is 0.202. The number of ether oxygens (including phenoxy) is 1. The van der Waals surface area contributed by atoms with E-state index in [1.165, 1.54) is 12.1 Å². The number of aromatic nitrogens is 2. The number of nitrogens with one attached hydrogen (secondary N) is 1. The van der Waals surface area contributed by atoms with Crippen molar-refractivity contribution < 1.29 is 27.4 Å². The molecule has 10 nitrogen and oxygen atoms in total. The van der Waals surface area contributed by atoms with Crippen LogP contribution in [0.25, 0.3) is 0 Å². The molecule has 0 unspecified atom stereocenters. The molecule has 0 saturated carbocycles. The predicted molar refractivity (Wildman–Crippen MR) is 86.7 cm³/mol. The lowest BCUT2D eigenvalue weighted by Gasteiger charge is -2.31. The molecule has 2 aromatic rings. The molecule has 1 atom stereocenters. The summed E-state index contributed by atoms with van der Waals surface area (Å²) in [4.78, 5) is 0. The highest BCUT2D eigenvalue weighted by molar-refractivity contribution is 7.89. The Labute approximate surface area is 147 Å². The van der Waals surface area contributed by atoms with Gasteiger partial charge in [-0.05, 0) is 46.4 Å². The van der Waals surface area contributed by atoms with Crippen molar-refractivity contribution in [1.82, 2.24) is 15.6 Å². The Hall–Kier alpha value is -2.73. The van der Waals surface area contributed by atoms with Gasteiger partial charge in [0.05, 0.1) is 18.4 Å². The van der Waals surface area contributed by atoms with Gasteiger partial charge in [-0.3, -0.25) is 0 Å². The highest BCUT2D eigenvalue weighted by Gasteiger charge is 2.30. The largest absolute Gasteiger partial charge is 0.474 e. The van der Waals surface area contributed by atoms with Crippen molar-refractivity contribution in [2.24, 2.45) is 10.3 Å². The van der Waals surface area contributed by atoms with Gasteiger partial charge in [-0.15, -0.1) is 0 Å². The number of primary sulfonamides is 1. The molecule has 0 fully saturated rings. The van der Waals surface area contributed by atoms with E-state index in [2.05, 4.69) is 25.4 Å². The maximum absolute atomic E-state index is 13.4. The Balaban J connectivity index is 1.64. The van der Waals surface area contributed by atoms with Crippen molar-refractivity contribution >= 4 is 15.9 Å². The Morgan fingerprint density at radius 1 is 1.50 bits per heavy atom. The first-order valence-corrected chi connectivity index (χ1v) is 9.32. The molecule has 0 saturated heterocycles. The minimum absolute atomic E-state index is 0.00613. The van der Waals surface area contributed by atoms with E-state index in [0.29, 0.717) is 6.42 Å².